The Morgan fingerprint density at radius 3 is 2.71 bits per heavy atom. The number of carbonyl (C=O) groups excluding carboxylic acids is 1. The maximum Gasteiger partial charge on any atom is 0.260 e. The van der Waals surface area contributed by atoms with Gasteiger partial charge in [0, 0.05) is 18.2 Å². The fourth-order valence-corrected chi connectivity index (χ4v) is 3.10. The molecule has 0 aliphatic carbocycles. The van der Waals surface area contributed by atoms with E-state index in [4.69, 9.17) is 14.2 Å². The second-order valence-corrected chi connectivity index (χ2v) is 5.73. The van der Waals surface area contributed by atoms with Crippen molar-refractivity contribution in [2.24, 2.45) is 0 Å². The second-order valence-electron chi connectivity index (χ2n) is 5.73. The van der Waals surface area contributed by atoms with Crippen LogP contribution in [0.1, 0.15) is 33.1 Å². The van der Waals surface area contributed by atoms with Gasteiger partial charge >= 0.3 is 0 Å². The fraction of sp³-hybridized carbons (Fsp3) is 0.562. The third-order valence-electron chi connectivity index (χ3n) is 4.19. The third kappa shape index (κ3) is 2.91. The van der Waals surface area contributed by atoms with Crippen molar-refractivity contribution < 1.29 is 19.0 Å². The molecule has 1 aromatic carbocycles. The molecule has 0 aromatic heterocycles. The summed E-state index contributed by atoms with van der Waals surface area (Å²) in [4.78, 5) is 14.3. The minimum atomic E-state index is 0.0485. The van der Waals surface area contributed by atoms with Crippen LogP contribution in [0.5, 0.6) is 17.2 Å². The zero-order chi connectivity index (χ0) is 14.8. The number of rotatable bonds is 3. The number of hydrogen-bond donors (Lipinski definition) is 0. The zero-order valence-corrected chi connectivity index (χ0v) is 12.5. The molecule has 1 saturated heterocycles. The minimum Gasteiger partial charge on any atom is -0.484 e. The molecule has 1 amide bonds. The van der Waals surface area contributed by atoms with Crippen LogP contribution >= 0.6 is 0 Å². The van der Waals surface area contributed by atoms with Crippen LogP contribution in [0.3, 0.4) is 0 Å². The van der Waals surface area contributed by atoms with Gasteiger partial charge in [-0.2, -0.15) is 0 Å². The van der Waals surface area contributed by atoms with Gasteiger partial charge in [0.25, 0.3) is 5.91 Å². The van der Waals surface area contributed by atoms with Gasteiger partial charge in [-0.1, -0.05) is 0 Å². The molecule has 1 aromatic rings. The van der Waals surface area contributed by atoms with Crippen LogP contribution in [-0.4, -0.2) is 36.3 Å². The van der Waals surface area contributed by atoms with Crippen LogP contribution in [0, 0.1) is 0 Å². The molecule has 0 radical (unpaired) electrons. The second kappa shape index (κ2) is 5.84. The number of fused-ring (bicyclic) bond motifs is 1. The van der Waals surface area contributed by atoms with Crippen molar-refractivity contribution in [1.82, 2.24) is 4.90 Å². The highest BCUT2D eigenvalue weighted by molar-refractivity contribution is 5.78. The Balaban J connectivity index is 1.60. The summed E-state index contributed by atoms with van der Waals surface area (Å²) in [5.74, 6) is 2.06. The quantitative estimate of drug-likeness (QED) is 0.859. The monoisotopic (exact) mass is 291 g/mol. The van der Waals surface area contributed by atoms with E-state index in [-0.39, 0.29) is 19.3 Å². The molecule has 2 atom stereocenters. The molecule has 0 N–H and O–H groups in total. The lowest BCUT2D eigenvalue weighted by Crippen LogP contribution is -2.49. The van der Waals surface area contributed by atoms with Crippen molar-refractivity contribution in [3.63, 3.8) is 0 Å². The standard InChI is InChI=1S/C16H21NO4/c1-11-4-3-5-12(2)17(11)16(18)9-19-13-6-7-14-15(8-13)21-10-20-14/h6-8,11-12H,3-5,9-10H2,1-2H3. The van der Waals surface area contributed by atoms with Crippen LogP contribution in [0.2, 0.25) is 0 Å². The lowest BCUT2D eigenvalue weighted by molar-refractivity contribution is -0.139. The third-order valence-corrected chi connectivity index (χ3v) is 4.19. The molecular weight excluding hydrogens is 270 g/mol. The van der Waals surface area contributed by atoms with Crippen molar-refractivity contribution in [3.8, 4) is 17.2 Å². The average Bonchev–Trinajstić information content (AvgIpc) is 2.92. The molecule has 0 saturated carbocycles. The Labute approximate surface area is 124 Å². The Morgan fingerprint density at radius 2 is 1.95 bits per heavy atom. The van der Waals surface area contributed by atoms with E-state index in [9.17, 15) is 4.79 Å². The molecule has 2 aliphatic heterocycles. The number of ether oxygens (including phenoxy) is 3. The number of benzene rings is 1. The van der Waals surface area contributed by atoms with E-state index >= 15 is 0 Å². The van der Waals surface area contributed by atoms with Gasteiger partial charge in [0.2, 0.25) is 6.79 Å². The Hall–Kier alpha value is -1.91. The van der Waals surface area contributed by atoms with Gasteiger partial charge in [0.05, 0.1) is 0 Å². The molecule has 2 unspecified atom stereocenters. The smallest absolute Gasteiger partial charge is 0.260 e. The summed E-state index contributed by atoms with van der Waals surface area (Å²) >= 11 is 0. The molecular formula is C16H21NO4. The Bertz CT molecular complexity index is 521. The van der Waals surface area contributed by atoms with E-state index < -0.39 is 0 Å². The molecule has 21 heavy (non-hydrogen) atoms. The summed E-state index contributed by atoms with van der Waals surface area (Å²) in [5.41, 5.74) is 0. The van der Waals surface area contributed by atoms with Crippen molar-refractivity contribution in [1.29, 1.82) is 0 Å². The summed E-state index contributed by atoms with van der Waals surface area (Å²) in [7, 11) is 0. The lowest BCUT2D eigenvalue weighted by atomic mass is 9.97. The van der Waals surface area contributed by atoms with Crippen molar-refractivity contribution in [3.05, 3.63) is 18.2 Å². The minimum absolute atomic E-state index is 0.0485. The van der Waals surface area contributed by atoms with Gasteiger partial charge in [0.1, 0.15) is 5.75 Å². The highest BCUT2D eigenvalue weighted by Gasteiger charge is 2.29. The Kier molecular flexibility index (Phi) is 3.90. The average molecular weight is 291 g/mol. The molecule has 2 aliphatic rings. The first-order valence-electron chi connectivity index (χ1n) is 7.49. The molecule has 114 valence electrons. The van der Waals surface area contributed by atoms with E-state index in [1.807, 2.05) is 4.90 Å². The number of amides is 1. The largest absolute Gasteiger partial charge is 0.484 e. The molecule has 1 fully saturated rings. The van der Waals surface area contributed by atoms with Gasteiger partial charge < -0.3 is 19.1 Å². The lowest BCUT2D eigenvalue weighted by Gasteiger charge is -2.38. The van der Waals surface area contributed by atoms with E-state index in [0.29, 0.717) is 29.3 Å². The normalized spacial score (nSPS) is 24.0. The topological polar surface area (TPSA) is 48.0 Å². The number of nitrogens with zero attached hydrogens (tertiary/aromatic N) is 1. The van der Waals surface area contributed by atoms with Crippen LogP contribution < -0.4 is 14.2 Å². The van der Waals surface area contributed by atoms with Crippen molar-refractivity contribution in [2.45, 2.75) is 45.2 Å². The van der Waals surface area contributed by atoms with Crippen LogP contribution in [-0.2, 0) is 4.79 Å². The summed E-state index contributed by atoms with van der Waals surface area (Å²) < 4.78 is 16.2. The maximum absolute atomic E-state index is 12.4. The maximum atomic E-state index is 12.4. The summed E-state index contributed by atoms with van der Waals surface area (Å²) in [5, 5.41) is 0. The fourth-order valence-electron chi connectivity index (χ4n) is 3.10. The summed E-state index contributed by atoms with van der Waals surface area (Å²) in [6.45, 7) is 4.51. The molecule has 2 heterocycles. The van der Waals surface area contributed by atoms with E-state index in [0.717, 1.165) is 12.8 Å². The predicted molar refractivity (Wildman–Crippen MR) is 77.7 cm³/mol. The number of carbonyl (C=O) groups is 1. The van der Waals surface area contributed by atoms with Gasteiger partial charge in [-0.3, -0.25) is 4.79 Å². The van der Waals surface area contributed by atoms with Gasteiger partial charge in [-0.15, -0.1) is 0 Å². The molecule has 0 spiro atoms. The van der Waals surface area contributed by atoms with Gasteiger partial charge in [-0.05, 0) is 45.2 Å². The van der Waals surface area contributed by atoms with Crippen molar-refractivity contribution >= 4 is 5.91 Å². The molecule has 5 heteroatoms. The first-order chi connectivity index (χ1) is 10.1. The van der Waals surface area contributed by atoms with Crippen LogP contribution in [0.4, 0.5) is 0 Å². The molecule has 5 nitrogen and oxygen atoms in total. The number of likely N-dealkylation sites (tertiary alicyclic amines) is 1. The zero-order valence-electron chi connectivity index (χ0n) is 12.5. The van der Waals surface area contributed by atoms with Crippen LogP contribution in [0.25, 0.3) is 0 Å². The van der Waals surface area contributed by atoms with E-state index in [1.54, 1.807) is 18.2 Å². The van der Waals surface area contributed by atoms with Gasteiger partial charge in [0.15, 0.2) is 18.1 Å². The van der Waals surface area contributed by atoms with Crippen molar-refractivity contribution in [2.75, 3.05) is 13.4 Å². The van der Waals surface area contributed by atoms with E-state index in [2.05, 4.69) is 13.8 Å². The number of piperidine rings is 1. The first-order valence-corrected chi connectivity index (χ1v) is 7.49. The predicted octanol–water partition coefficient (Wildman–Crippen LogP) is 2.58. The number of hydrogen-bond acceptors (Lipinski definition) is 4. The SMILES string of the molecule is CC1CCCC(C)N1C(=O)COc1ccc2c(c1)OCO2. The summed E-state index contributed by atoms with van der Waals surface area (Å²) in [6, 6.07) is 5.94. The van der Waals surface area contributed by atoms with E-state index in [1.165, 1.54) is 6.42 Å². The summed E-state index contributed by atoms with van der Waals surface area (Å²) in [6.07, 6.45) is 3.33. The molecule has 0 bridgehead atoms. The highest BCUT2D eigenvalue weighted by atomic mass is 16.7. The highest BCUT2D eigenvalue weighted by Crippen LogP contribution is 2.35. The van der Waals surface area contributed by atoms with Gasteiger partial charge in [-0.25, -0.2) is 0 Å². The first kappa shape index (κ1) is 14.0. The molecule has 3 rings (SSSR count). The van der Waals surface area contributed by atoms with Crippen LogP contribution in [0.15, 0.2) is 18.2 Å². The Morgan fingerprint density at radius 1 is 1.24 bits per heavy atom.